The van der Waals surface area contributed by atoms with Crippen molar-refractivity contribution in [2.45, 2.75) is 18.4 Å². The first-order valence-corrected chi connectivity index (χ1v) is 9.05. The molecule has 0 radical (unpaired) electrons. The maximum atomic E-state index is 13.3. The smallest absolute Gasteiger partial charge is 0.262 e. The van der Waals surface area contributed by atoms with E-state index < -0.39 is 24.9 Å². The minimum atomic E-state index is -2.79. The monoisotopic (exact) mass is 445 g/mol. The standard InChI is InChI=1S/C19H21F2N5O.2ClH/c20-19(21)12-15(23-13-19)18(27)26-10-8-25(9-11-26)16-6-7-22-17(24-16)14-4-2-1-3-5-14;;/h1-7,15,23H,8-13H2;2*1H. The van der Waals surface area contributed by atoms with Gasteiger partial charge in [-0.15, -0.1) is 24.8 Å². The Hall–Kier alpha value is -2.03. The van der Waals surface area contributed by atoms with Crippen LogP contribution in [0.1, 0.15) is 6.42 Å². The summed E-state index contributed by atoms with van der Waals surface area (Å²) in [6.45, 7) is 1.78. The molecule has 10 heteroatoms. The van der Waals surface area contributed by atoms with E-state index in [1.165, 1.54) is 0 Å². The third-order valence-corrected chi connectivity index (χ3v) is 5.00. The maximum absolute atomic E-state index is 13.3. The minimum Gasteiger partial charge on any atom is -0.353 e. The molecule has 1 unspecified atom stereocenters. The highest BCUT2D eigenvalue weighted by molar-refractivity contribution is 5.85. The van der Waals surface area contributed by atoms with E-state index in [1.54, 1.807) is 11.1 Å². The number of alkyl halides is 2. The molecular formula is C19H23Cl2F2N5O. The number of rotatable bonds is 3. The molecule has 1 aromatic heterocycles. The van der Waals surface area contributed by atoms with Crippen molar-refractivity contribution >= 4 is 36.5 Å². The molecule has 4 rings (SSSR count). The molecule has 1 atom stereocenters. The lowest BCUT2D eigenvalue weighted by molar-refractivity contribution is -0.134. The fourth-order valence-corrected chi connectivity index (χ4v) is 3.52. The molecule has 2 aliphatic heterocycles. The van der Waals surface area contributed by atoms with E-state index in [-0.39, 0.29) is 30.7 Å². The number of nitrogens with zero attached hydrogens (tertiary/aromatic N) is 4. The second kappa shape index (κ2) is 9.65. The van der Waals surface area contributed by atoms with Crippen molar-refractivity contribution < 1.29 is 13.6 Å². The average Bonchev–Trinajstić information content (AvgIpc) is 3.08. The van der Waals surface area contributed by atoms with Gasteiger partial charge in [0.25, 0.3) is 5.92 Å². The maximum Gasteiger partial charge on any atom is 0.262 e. The quantitative estimate of drug-likeness (QED) is 0.786. The molecule has 158 valence electrons. The predicted molar refractivity (Wildman–Crippen MR) is 112 cm³/mol. The average molecular weight is 446 g/mol. The van der Waals surface area contributed by atoms with Crippen LogP contribution in [-0.2, 0) is 4.79 Å². The molecule has 1 amide bonds. The van der Waals surface area contributed by atoms with Crippen LogP contribution in [0.25, 0.3) is 11.4 Å². The van der Waals surface area contributed by atoms with Crippen LogP contribution >= 0.6 is 24.8 Å². The van der Waals surface area contributed by atoms with Gasteiger partial charge in [-0.3, -0.25) is 10.1 Å². The number of amides is 1. The highest BCUT2D eigenvalue weighted by atomic mass is 35.5. The van der Waals surface area contributed by atoms with Crippen LogP contribution in [0.5, 0.6) is 0 Å². The highest BCUT2D eigenvalue weighted by Crippen LogP contribution is 2.26. The van der Waals surface area contributed by atoms with Gasteiger partial charge in [0.1, 0.15) is 5.82 Å². The van der Waals surface area contributed by atoms with Crippen molar-refractivity contribution in [3.63, 3.8) is 0 Å². The first-order valence-electron chi connectivity index (χ1n) is 9.05. The Labute approximate surface area is 180 Å². The molecule has 2 aromatic rings. The third-order valence-electron chi connectivity index (χ3n) is 5.00. The van der Waals surface area contributed by atoms with Crippen molar-refractivity contribution in [1.82, 2.24) is 20.2 Å². The molecule has 0 saturated carbocycles. The molecule has 3 heterocycles. The Morgan fingerprint density at radius 2 is 1.76 bits per heavy atom. The molecule has 1 N–H and O–H groups in total. The van der Waals surface area contributed by atoms with E-state index >= 15 is 0 Å². The van der Waals surface area contributed by atoms with Gasteiger partial charge in [0, 0.05) is 44.4 Å². The third kappa shape index (κ3) is 5.32. The first-order chi connectivity index (χ1) is 13.0. The summed E-state index contributed by atoms with van der Waals surface area (Å²) < 4.78 is 26.7. The number of hydrogen-bond donors (Lipinski definition) is 1. The molecule has 0 aliphatic carbocycles. The molecule has 0 spiro atoms. The van der Waals surface area contributed by atoms with Crippen molar-refractivity contribution in [2.24, 2.45) is 0 Å². The molecule has 29 heavy (non-hydrogen) atoms. The Morgan fingerprint density at radius 3 is 2.38 bits per heavy atom. The van der Waals surface area contributed by atoms with E-state index in [4.69, 9.17) is 0 Å². The van der Waals surface area contributed by atoms with Crippen LogP contribution < -0.4 is 10.2 Å². The van der Waals surface area contributed by atoms with E-state index in [0.717, 1.165) is 11.4 Å². The van der Waals surface area contributed by atoms with Crippen LogP contribution in [0.4, 0.5) is 14.6 Å². The molecule has 2 aliphatic rings. The summed E-state index contributed by atoms with van der Waals surface area (Å²) in [4.78, 5) is 25.2. The molecule has 2 saturated heterocycles. The number of carbonyl (C=O) groups is 1. The van der Waals surface area contributed by atoms with Crippen molar-refractivity contribution in [3.8, 4) is 11.4 Å². The summed E-state index contributed by atoms with van der Waals surface area (Å²) in [6, 6.07) is 10.8. The lowest BCUT2D eigenvalue weighted by Crippen LogP contribution is -2.53. The van der Waals surface area contributed by atoms with Crippen LogP contribution in [0.2, 0.25) is 0 Å². The number of anilines is 1. The van der Waals surface area contributed by atoms with Crippen LogP contribution in [-0.4, -0.2) is 65.5 Å². The summed E-state index contributed by atoms with van der Waals surface area (Å²) >= 11 is 0. The van der Waals surface area contributed by atoms with E-state index in [0.29, 0.717) is 32.0 Å². The fraction of sp³-hybridized carbons (Fsp3) is 0.421. The van der Waals surface area contributed by atoms with E-state index in [2.05, 4.69) is 20.2 Å². The predicted octanol–water partition coefficient (Wildman–Crippen LogP) is 2.63. The SMILES string of the molecule is Cl.Cl.O=C(C1CC(F)(F)CN1)N1CCN(c2ccnc(-c3ccccc3)n2)CC1. The zero-order valence-electron chi connectivity index (χ0n) is 15.6. The number of piperazine rings is 1. The van der Waals surface area contributed by atoms with Crippen molar-refractivity contribution in [3.05, 3.63) is 42.6 Å². The second-order valence-electron chi connectivity index (χ2n) is 6.91. The molecular weight excluding hydrogens is 423 g/mol. The Morgan fingerprint density at radius 1 is 1.07 bits per heavy atom. The van der Waals surface area contributed by atoms with Crippen LogP contribution in [0.3, 0.4) is 0 Å². The Balaban J connectivity index is 0.00000150. The number of aromatic nitrogens is 2. The molecule has 6 nitrogen and oxygen atoms in total. The second-order valence-corrected chi connectivity index (χ2v) is 6.91. The van der Waals surface area contributed by atoms with Gasteiger partial charge in [0.05, 0.1) is 12.6 Å². The summed E-state index contributed by atoms with van der Waals surface area (Å²) in [7, 11) is 0. The zero-order chi connectivity index (χ0) is 18.9. The van der Waals surface area contributed by atoms with Crippen molar-refractivity contribution in [2.75, 3.05) is 37.6 Å². The molecule has 1 aromatic carbocycles. The van der Waals surface area contributed by atoms with Gasteiger partial charge in [0.15, 0.2) is 5.82 Å². The topological polar surface area (TPSA) is 61.4 Å². The molecule has 0 bridgehead atoms. The molecule has 2 fully saturated rings. The normalized spacial score (nSPS) is 20.6. The van der Waals surface area contributed by atoms with Gasteiger partial charge < -0.3 is 9.80 Å². The number of benzene rings is 1. The van der Waals surface area contributed by atoms with Crippen molar-refractivity contribution in [1.29, 1.82) is 0 Å². The highest BCUT2D eigenvalue weighted by Gasteiger charge is 2.43. The number of carbonyl (C=O) groups excluding carboxylic acids is 1. The lowest BCUT2D eigenvalue weighted by Gasteiger charge is -2.36. The Kier molecular flexibility index (Phi) is 7.73. The Bertz CT molecular complexity index is 819. The van der Waals surface area contributed by atoms with Gasteiger partial charge in [-0.25, -0.2) is 18.7 Å². The number of halogens is 4. The summed E-state index contributed by atoms with van der Waals surface area (Å²) in [5.41, 5.74) is 0.946. The van der Waals surface area contributed by atoms with Gasteiger partial charge in [-0.2, -0.15) is 0 Å². The van der Waals surface area contributed by atoms with Gasteiger partial charge in [-0.1, -0.05) is 30.3 Å². The largest absolute Gasteiger partial charge is 0.353 e. The summed E-state index contributed by atoms with van der Waals surface area (Å²) in [5.74, 6) is -1.57. The fourth-order valence-electron chi connectivity index (χ4n) is 3.52. The van der Waals surface area contributed by atoms with Gasteiger partial charge >= 0.3 is 0 Å². The van der Waals surface area contributed by atoms with E-state index in [1.807, 2.05) is 36.4 Å². The van der Waals surface area contributed by atoms with Gasteiger partial charge in [0.2, 0.25) is 5.91 Å². The number of hydrogen-bond acceptors (Lipinski definition) is 5. The zero-order valence-corrected chi connectivity index (χ0v) is 17.3. The summed E-state index contributed by atoms with van der Waals surface area (Å²) in [5, 5.41) is 2.64. The first kappa shape index (κ1) is 23.3. The van der Waals surface area contributed by atoms with Crippen LogP contribution in [0.15, 0.2) is 42.6 Å². The minimum absolute atomic E-state index is 0. The summed E-state index contributed by atoms with van der Waals surface area (Å²) in [6.07, 6.45) is 1.31. The van der Waals surface area contributed by atoms with Gasteiger partial charge in [-0.05, 0) is 6.07 Å². The lowest BCUT2D eigenvalue weighted by atomic mass is 10.1. The number of nitrogens with one attached hydrogen (secondary N) is 1. The van der Waals surface area contributed by atoms with E-state index in [9.17, 15) is 13.6 Å². The van der Waals surface area contributed by atoms with Crippen LogP contribution in [0, 0.1) is 0 Å².